The zero-order valence-electron chi connectivity index (χ0n) is 4.04. The molecule has 46 valence electrons. The molecule has 0 aliphatic carbocycles. The molecule has 0 aliphatic heterocycles. The second-order valence-electron chi connectivity index (χ2n) is 0.575. The minimum Gasteiger partial charge on any atom is -0.543 e. The molecule has 0 spiro atoms. The van der Waals surface area contributed by atoms with Crippen LogP contribution in [0.25, 0.3) is 0 Å². The Morgan fingerprint density at radius 3 is 1.12 bits per heavy atom. The number of carbonyl (C=O) groups excluding carboxylic acids is 2. The number of hydrogen-bond donors (Lipinski definition) is 1. The van der Waals surface area contributed by atoms with Gasteiger partial charge in [0.15, 0.2) is 0 Å². The fourth-order valence-corrected chi connectivity index (χ4v) is 0. The summed E-state index contributed by atoms with van der Waals surface area (Å²) in [5, 5.41) is 17.9. The van der Waals surface area contributed by atoms with Crippen LogP contribution in [-0.4, -0.2) is 11.9 Å². The molecule has 4 N–H and O–H groups in total. The summed E-state index contributed by atoms with van der Waals surface area (Å²) >= 11 is 0. The standard InChI is InChI=1S/C2H2O4.Cr.H3N/c3-1(4)2(5)6;;/h(H,3,4)(H,5,6);;1H3/q;+2;/p-1. The Balaban J connectivity index is -0.000000125. The number of carboxylic acids is 2. The van der Waals surface area contributed by atoms with Crippen molar-refractivity contribution in [3.63, 3.8) is 0 Å². The van der Waals surface area contributed by atoms with Crippen molar-refractivity contribution in [2.75, 3.05) is 0 Å². The molecule has 0 unspecified atom stereocenters. The van der Waals surface area contributed by atoms with Crippen LogP contribution in [0.2, 0.25) is 0 Å². The molecule has 0 bridgehead atoms. The summed E-state index contributed by atoms with van der Waals surface area (Å²) in [6, 6.07) is 0. The number of rotatable bonds is 0. The minimum absolute atomic E-state index is 0. The molecule has 0 atom stereocenters. The van der Waals surface area contributed by atoms with Crippen molar-refractivity contribution in [2.24, 2.45) is 0 Å². The minimum atomic E-state index is -2.19. The van der Waals surface area contributed by atoms with E-state index in [1.165, 1.54) is 0 Å². The fourth-order valence-electron chi connectivity index (χ4n) is 0. The van der Waals surface area contributed by atoms with Crippen LogP contribution >= 0.6 is 0 Å². The van der Waals surface area contributed by atoms with Crippen molar-refractivity contribution in [1.82, 2.24) is 6.15 Å². The largest absolute Gasteiger partial charge is 2.00 e. The first-order chi connectivity index (χ1) is 2.64. The van der Waals surface area contributed by atoms with Gasteiger partial charge in [-0.2, -0.15) is 0 Å². The van der Waals surface area contributed by atoms with Crippen LogP contribution in [0.3, 0.4) is 0 Å². The summed E-state index contributed by atoms with van der Waals surface area (Å²) in [4.78, 5) is 17.9. The first kappa shape index (κ1) is 15.7. The van der Waals surface area contributed by atoms with Crippen molar-refractivity contribution in [3.8, 4) is 0 Å². The monoisotopic (exact) mass is 158 g/mol. The number of quaternary nitrogens is 1. The zero-order chi connectivity index (χ0) is 5.15. The second-order valence-corrected chi connectivity index (χ2v) is 0.575. The molecule has 6 heteroatoms. The van der Waals surface area contributed by atoms with Gasteiger partial charge < -0.3 is 26.0 Å². The molecule has 0 amide bonds. The number of carboxylic acid groups (broad SMARTS) is 2. The molecule has 0 fully saturated rings. The van der Waals surface area contributed by atoms with Gasteiger partial charge in [-0.15, -0.1) is 0 Å². The third-order valence-electron chi connectivity index (χ3n) is 0.167. The summed E-state index contributed by atoms with van der Waals surface area (Å²) in [5.41, 5.74) is 0. The van der Waals surface area contributed by atoms with Crippen LogP contribution in [0.15, 0.2) is 0 Å². The van der Waals surface area contributed by atoms with Crippen LogP contribution in [0, 0.1) is 0 Å². The van der Waals surface area contributed by atoms with Crippen LogP contribution in [0.4, 0.5) is 0 Å². The fraction of sp³-hybridized carbons (Fsp3) is 0. The molecule has 0 saturated carbocycles. The normalized spacial score (nSPS) is 5.50. The van der Waals surface area contributed by atoms with Crippen LogP contribution in [0.1, 0.15) is 0 Å². The molecule has 8 heavy (non-hydrogen) atoms. The van der Waals surface area contributed by atoms with Gasteiger partial charge >= 0.3 is 17.4 Å². The van der Waals surface area contributed by atoms with Gasteiger partial charge in [0, 0.05) is 0 Å². The second kappa shape index (κ2) is 6.43. The average molecular weight is 158 g/mol. The summed E-state index contributed by atoms with van der Waals surface area (Å²) in [6.07, 6.45) is 0. The summed E-state index contributed by atoms with van der Waals surface area (Å²) in [7, 11) is 0. The molecule has 0 aliphatic rings. The van der Waals surface area contributed by atoms with Gasteiger partial charge in [0.2, 0.25) is 0 Å². The Kier molecular flexibility index (Phi) is 12.6. The van der Waals surface area contributed by atoms with Crippen LogP contribution < -0.4 is 16.4 Å². The molecule has 0 aromatic rings. The molecule has 0 aromatic heterocycles. The third-order valence-corrected chi connectivity index (χ3v) is 0.167. The summed E-state index contributed by atoms with van der Waals surface area (Å²) in [5.74, 6) is -4.37. The van der Waals surface area contributed by atoms with E-state index in [0.29, 0.717) is 0 Å². The third kappa shape index (κ3) is 9.06. The van der Waals surface area contributed by atoms with Crippen LogP contribution in [-0.2, 0) is 27.0 Å². The van der Waals surface area contributed by atoms with E-state index in [0.717, 1.165) is 0 Å². The molecule has 5 nitrogen and oxygen atoms in total. The van der Waals surface area contributed by atoms with E-state index >= 15 is 0 Å². The quantitative estimate of drug-likeness (QED) is 0.375. The van der Waals surface area contributed by atoms with E-state index in [-0.39, 0.29) is 23.5 Å². The van der Waals surface area contributed by atoms with Gasteiger partial charge in [-0.3, -0.25) is 0 Å². The Bertz CT molecular complexity index is 80.0. The zero-order valence-corrected chi connectivity index (χ0v) is 5.32. The summed E-state index contributed by atoms with van der Waals surface area (Å²) in [6.45, 7) is 0. The molecule has 0 heterocycles. The van der Waals surface area contributed by atoms with Crippen LogP contribution in [0.5, 0.6) is 0 Å². The van der Waals surface area contributed by atoms with E-state index in [2.05, 4.69) is 0 Å². The van der Waals surface area contributed by atoms with E-state index < -0.39 is 11.9 Å². The molecule has 0 rings (SSSR count). The first-order valence-electron chi connectivity index (χ1n) is 1.07. The van der Waals surface area contributed by atoms with E-state index in [9.17, 15) is 0 Å². The van der Waals surface area contributed by atoms with Crippen molar-refractivity contribution in [2.45, 2.75) is 0 Å². The molecular formula is C2H4CrNO4+. The van der Waals surface area contributed by atoms with Gasteiger partial charge in [-0.25, -0.2) is 0 Å². The summed E-state index contributed by atoms with van der Waals surface area (Å²) < 4.78 is 0. The van der Waals surface area contributed by atoms with Gasteiger partial charge in [0.05, 0.1) is 11.9 Å². The van der Waals surface area contributed by atoms with E-state index in [1.54, 1.807) is 0 Å². The van der Waals surface area contributed by atoms with Gasteiger partial charge in [0.1, 0.15) is 0 Å². The molecule has 0 aromatic carbocycles. The maximum Gasteiger partial charge on any atom is 2.00 e. The van der Waals surface area contributed by atoms with Crippen molar-refractivity contribution >= 4 is 11.9 Å². The number of aliphatic carboxylic acids is 2. The molecule has 0 saturated heterocycles. The maximum atomic E-state index is 8.93. The predicted molar refractivity (Wildman–Crippen MR) is 16.0 cm³/mol. The number of carbonyl (C=O) groups is 2. The average Bonchev–Trinajstić information content (AvgIpc) is 1.36. The Morgan fingerprint density at radius 2 is 1.12 bits per heavy atom. The number of hydrogen-bond acceptors (Lipinski definition) is 4. The molecule has 0 radical (unpaired) electrons. The predicted octanol–water partition coefficient (Wildman–Crippen LogP) is -3.14. The Labute approximate surface area is 56.0 Å². The molecular weight excluding hydrogens is 154 g/mol. The van der Waals surface area contributed by atoms with E-state index in [4.69, 9.17) is 19.8 Å². The van der Waals surface area contributed by atoms with Gasteiger partial charge in [0.25, 0.3) is 0 Å². The van der Waals surface area contributed by atoms with Crippen molar-refractivity contribution in [1.29, 1.82) is 0 Å². The Hall–Kier alpha value is -0.568. The van der Waals surface area contributed by atoms with Gasteiger partial charge in [-0.1, -0.05) is 0 Å². The van der Waals surface area contributed by atoms with Crippen molar-refractivity contribution in [3.05, 3.63) is 0 Å². The topological polar surface area (TPSA) is 117 Å². The smallest absolute Gasteiger partial charge is 0.543 e. The Morgan fingerprint density at radius 1 is 1.00 bits per heavy atom. The van der Waals surface area contributed by atoms with E-state index in [1.807, 2.05) is 0 Å². The van der Waals surface area contributed by atoms with Crippen molar-refractivity contribution < 1.29 is 37.2 Å². The van der Waals surface area contributed by atoms with Gasteiger partial charge in [-0.05, 0) is 0 Å². The first-order valence-corrected chi connectivity index (χ1v) is 1.07. The SMILES string of the molecule is O=C([O-])C(=O)[O-].[Cr+2].[NH4+]. The maximum absolute atomic E-state index is 8.93.